The van der Waals surface area contributed by atoms with Gasteiger partial charge in [-0.25, -0.2) is 4.79 Å². The van der Waals surface area contributed by atoms with Crippen molar-refractivity contribution in [2.45, 2.75) is 113 Å². The number of carboxylic acid groups (broad SMARTS) is 1. The van der Waals surface area contributed by atoms with Gasteiger partial charge in [-0.15, -0.1) is 0 Å². The highest BCUT2D eigenvalue weighted by Crippen LogP contribution is 2.45. The first-order valence-corrected chi connectivity index (χ1v) is 21.4. The minimum atomic E-state index is -1.26. The average molecular weight is 814 g/mol. The number of hydrogen-bond donors (Lipinski definition) is 1. The van der Waals surface area contributed by atoms with Crippen molar-refractivity contribution in [2.24, 2.45) is 5.92 Å². The van der Waals surface area contributed by atoms with Crippen LogP contribution < -0.4 is 0 Å². The molecule has 0 radical (unpaired) electrons. The summed E-state index contributed by atoms with van der Waals surface area (Å²) in [7, 11) is 4.66. The quantitative estimate of drug-likeness (QED) is 0.285. The second-order valence-electron chi connectivity index (χ2n) is 17.1. The average Bonchev–Trinajstić information content (AvgIpc) is 4.06. The summed E-state index contributed by atoms with van der Waals surface area (Å²) in [6, 6.07) is 13.1. The molecule has 59 heavy (non-hydrogen) atoms. The normalized spacial score (nSPS) is 21.9. The van der Waals surface area contributed by atoms with Crippen LogP contribution >= 0.6 is 0 Å². The number of carbonyl (C=O) groups excluding carboxylic acids is 5. The lowest BCUT2D eigenvalue weighted by Gasteiger charge is -2.51. The topological polar surface area (TPSA) is 157 Å². The number of amides is 5. The number of nitrogens with zero attached hydrogens (tertiary/aromatic N) is 5. The van der Waals surface area contributed by atoms with Crippen LogP contribution in [0.25, 0.3) is 11.1 Å². The number of rotatable bonds is 14. The van der Waals surface area contributed by atoms with Crippen molar-refractivity contribution in [1.82, 2.24) is 24.5 Å². The number of fused-ring (bicyclic) bond motifs is 3. The van der Waals surface area contributed by atoms with Crippen molar-refractivity contribution in [3.8, 4) is 11.1 Å². The number of aliphatic carboxylic acids is 1. The van der Waals surface area contributed by atoms with Gasteiger partial charge in [-0.3, -0.25) is 28.9 Å². The first-order valence-electron chi connectivity index (χ1n) is 21.4. The lowest BCUT2D eigenvalue weighted by Crippen LogP contribution is -2.68. The minimum Gasteiger partial charge on any atom is -0.481 e. The molecule has 7 rings (SSSR count). The highest BCUT2D eigenvalue weighted by atomic mass is 16.6. The maximum Gasteiger partial charge on any atom is 0.410 e. The Kier molecular flexibility index (Phi) is 12.7. The Morgan fingerprint density at radius 2 is 1.46 bits per heavy atom. The molecule has 3 aliphatic carbocycles. The maximum absolute atomic E-state index is 14.9. The van der Waals surface area contributed by atoms with E-state index >= 15 is 0 Å². The Hall–Kier alpha value is -4.98. The van der Waals surface area contributed by atoms with Gasteiger partial charge in [-0.2, -0.15) is 0 Å². The highest BCUT2D eigenvalue weighted by molar-refractivity contribution is 5.98. The fraction of sp³-hybridized carbons (Fsp3) is 0.600. The lowest BCUT2D eigenvalue weighted by molar-refractivity contribution is -0.165. The second kappa shape index (κ2) is 17.7. The number of likely N-dealkylation sites (N-methyl/N-ethyl adjacent to an activating group) is 3. The zero-order chi connectivity index (χ0) is 42.0. The molecule has 5 amide bonds. The Morgan fingerprint density at radius 3 is 2.02 bits per heavy atom. The molecule has 0 aromatic heterocycles. The summed E-state index contributed by atoms with van der Waals surface area (Å²) in [6.45, 7) is 3.53. The van der Waals surface area contributed by atoms with Gasteiger partial charge in [0.1, 0.15) is 30.3 Å². The SMILES string of the molecule is CCO[C@@H]1C[C@@H](C(=O)N(C)C2(C(=O)N(C)C(C(=O)N(C)C(CC(=O)O)C(=O)N3CCCC3)C3CCCC3)CCC2)N(C(=O)OCC2c3ccccc3-c3ccccc32)C1. The molecule has 2 unspecified atom stereocenters. The molecule has 2 saturated heterocycles. The monoisotopic (exact) mass is 813 g/mol. The van der Waals surface area contributed by atoms with E-state index < -0.39 is 66.0 Å². The standard InChI is InChI=1S/C45H59N5O9/c1-5-58-30-25-37(50(27-30)44(57)59-28-35-33-19-10-8-17-31(33)32-18-9-11-20-34(32)35)40(53)48(4)45(21-14-22-45)43(56)47(3)39(29-15-6-7-16-29)42(55)46(2)36(26-38(51)52)41(54)49-23-12-13-24-49/h8-11,17-20,29-30,35-37,39H,5-7,12-16,21-28H2,1-4H3,(H,51,52)/t30-,36?,37+,39?/m1/s1. The van der Waals surface area contributed by atoms with Gasteiger partial charge < -0.3 is 34.2 Å². The summed E-state index contributed by atoms with van der Waals surface area (Å²) in [5, 5.41) is 9.80. The van der Waals surface area contributed by atoms with Crippen LogP contribution in [-0.2, 0) is 33.4 Å². The summed E-state index contributed by atoms with van der Waals surface area (Å²) in [5.74, 6) is -3.22. The molecular weight excluding hydrogens is 755 g/mol. The van der Waals surface area contributed by atoms with Crippen LogP contribution in [0, 0.1) is 5.92 Å². The molecule has 2 heterocycles. The van der Waals surface area contributed by atoms with Gasteiger partial charge in [0.2, 0.25) is 23.6 Å². The summed E-state index contributed by atoms with van der Waals surface area (Å²) in [5.41, 5.74) is 3.11. The Balaban J connectivity index is 1.09. The molecule has 1 N–H and O–H groups in total. The molecule has 0 bridgehead atoms. The van der Waals surface area contributed by atoms with Crippen molar-refractivity contribution in [3.05, 3.63) is 59.7 Å². The third kappa shape index (κ3) is 8.04. The number of carboxylic acids is 1. The summed E-state index contributed by atoms with van der Waals surface area (Å²) < 4.78 is 12.0. The Bertz CT molecular complexity index is 1880. The lowest BCUT2D eigenvalue weighted by atomic mass is 9.73. The van der Waals surface area contributed by atoms with E-state index in [0.717, 1.165) is 47.9 Å². The van der Waals surface area contributed by atoms with E-state index in [2.05, 4.69) is 12.1 Å². The minimum absolute atomic E-state index is 0.0919. The molecule has 4 fully saturated rings. The molecule has 14 heteroatoms. The maximum atomic E-state index is 14.9. The van der Waals surface area contributed by atoms with E-state index in [9.17, 15) is 33.9 Å². The van der Waals surface area contributed by atoms with Gasteiger partial charge in [-0.05, 0) is 80.0 Å². The molecule has 2 aliphatic heterocycles. The zero-order valence-electron chi connectivity index (χ0n) is 34.8. The highest BCUT2D eigenvalue weighted by Gasteiger charge is 2.56. The smallest absolute Gasteiger partial charge is 0.410 e. The largest absolute Gasteiger partial charge is 0.481 e. The first-order chi connectivity index (χ1) is 28.4. The van der Waals surface area contributed by atoms with Gasteiger partial charge in [-0.1, -0.05) is 61.4 Å². The Morgan fingerprint density at radius 1 is 0.847 bits per heavy atom. The fourth-order valence-corrected chi connectivity index (χ4v) is 10.4. The summed E-state index contributed by atoms with van der Waals surface area (Å²) in [6.07, 6.45) is 4.89. The molecule has 4 atom stereocenters. The van der Waals surface area contributed by atoms with Crippen LogP contribution in [0.2, 0.25) is 0 Å². The number of hydrogen-bond acceptors (Lipinski definition) is 8. The van der Waals surface area contributed by atoms with E-state index in [-0.39, 0.29) is 37.3 Å². The van der Waals surface area contributed by atoms with Crippen LogP contribution in [0.15, 0.2) is 48.5 Å². The van der Waals surface area contributed by atoms with Gasteiger partial charge >= 0.3 is 12.1 Å². The molecular formula is C45H59N5O9. The molecule has 2 aromatic carbocycles. The van der Waals surface area contributed by atoms with Gasteiger partial charge in [0.15, 0.2) is 0 Å². The molecule has 2 aromatic rings. The van der Waals surface area contributed by atoms with E-state index in [1.54, 1.807) is 19.0 Å². The van der Waals surface area contributed by atoms with Crippen molar-refractivity contribution in [2.75, 3.05) is 54.0 Å². The van der Waals surface area contributed by atoms with Crippen LogP contribution in [-0.4, -0.2) is 149 Å². The van der Waals surface area contributed by atoms with Crippen LogP contribution in [0.3, 0.4) is 0 Å². The molecule has 5 aliphatic rings. The van der Waals surface area contributed by atoms with Crippen molar-refractivity contribution in [3.63, 3.8) is 0 Å². The molecule has 14 nitrogen and oxygen atoms in total. The summed E-state index contributed by atoms with van der Waals surface area (Å²) >= 11 is 0. The zero-order valence-corrected chi connectivity index (χ0v) is 34.8. The van der Waals surface area contributed by atoms with Crippen LogP contribution in [0.4, 0.5) is 4.79 Å². The van der Waals surface area contributed by atoms with Crippen LogP contribution in [0.1, 0.15) is 94.6 Å². The van der Waals surface area contributed by atoms with Crippen molar-refractivity contribution in [1.29, 1.82) is 0 Å². The number of carbonyl (C=O) groups is 6. The first kappa shape index (κ1) is 42.2. The van der Waals surface area contributed by atoms with Gasteiger partial charge in [0.05, 0.1) is 19.1 Å². The fourth-order valence-electron chi connectivity index (χ4n) is 10.4. The third-order valence-corrected chi connectivity index (χ3v) is 13.8. The van der Waals surface area contributed by atoms with Gasteiger partial charge in [0, 0.05) is 53.2 Å². The third-order valence-electron chi connectivity index (χ3n) is 13.8. The molecule has 318 valence electrons. The second-order valence-corrected chi connectivity index (χ2v) is 17.1. The number of likely N-dealkylation sites (tertiary alicyclic amines) is 2. The van der Waals surface area contributed by atoms with Crippen molar-refractivity contribution >= 4 is 35.7 Å². The summed E-state index contributed by atoms with van der Waals surface area (Å²) in [4.78, 5) is 91.1. The molecule has 2 saturated carbocycles. The molecule has 0 spiro atoms. The van der Waals surface area contributed by atoms with Crippen LogP contribution in [0.5, 0.6) is 0 Å². The Labute approximate surface area is 346 Å². The predicted octanol–water partition coefficient (Wildman–Crippen LogP) is 4.74. The number of benzene rings is 2. The van der Waals surface area contributed by atoms with E-state index in [1.807, 2.05) is 43.3 Å². The van der Waals surface area contributed by atoms with Gasteiger partial charge in [0.25, 0.3) is 0 Å². The van der Waals surface area contributed by atoms with E-state index in [4.69, 9.17) is 9.47 Å². The van der Waals surface area contributed by atoms with E-state index in [0.29, 0.717) is 51.8 Å². The predicted molar refractivity (Wildman–Crippen MR) is 218 cm³/mol. The van der Waals surface area contributed by atoms with Crippen molar-refractivity contribution < 1.29 is 43.3 Å². The van der Waals surface area contributed by atoms with E-state index in [1.165, 1.54) is 26.6 Å². The number of ether oxygens (including phenoxy) is 2.